The van der Waals surface area contributed by atoms with Gasteiger partial charge in [0.2, 0.25) is 0 Å². The predicted molar refractivity (Wildman–Crippen MR) is 141 cm³/mol. The molecule has 1 aromatic heterocycles. The van der Waals surface area contributed by atoms with Crippen molar-refractivity contribution in [1.29, 1.82) is 0 Å². The van der Waals surface area contributed by atoms with Crippen LogP contribution >= 0.6 is 11.3 Å². The van der Waals surface area contributed by atoms with E-state index in [1.165, 1.54) is 55.0 Å². The molecule has 1 aromatic rings. The number of aliphatic hydroxyl groups excluding tert-OH is 2. The topological polar surface area (TPSA) is 66.2 Å². The Hall–Kier alpha value is -0.520. The number of aliphatic hydroxyl groups is 2. The lowest BCUT2D eigenvalue weighted by molar-refractivity contribution is -0.203. The van der Waals surface area contributed by atoms with Crippen LogP contribution in [0.25, 0.3) is 0 Å². The highest BCUT2D eigenvalue weighted by molar-refractivity contribution is 7.11. The SMILES string of the molecule is CC[C@H]1[C@@H](O)[C@@H]2[C@H](CC[C@]3(C)[C@@H]([C@H](C)CCc4nnc(C5CC5)s4)CC[C@@H]23)[C@@]2(C)CC[C@@H](O)C[C@@H]12. The lowest BCUT2D eigenvalue weighted by Gasteiger charge is -2.64. The van der Waals surface area contributed by atoms with Crippen molar-refractivity contribution in [2.45, 2.75) is 123 Å². The van der Waals surface area contributed by atoms with Crippen LogP contribution in [0.4, 0.5) is 0 Å². The van der Waals surface area contributed by atoms with Gasteiger partial charge in [0.1, 0.15) is 10.0 Å². The third kappa shape index (κ3) is 3.96. The first-order valence-electron chi connectivity index (χ1n) is 14.9. The Balaban J connectivity index is 1.19. The quantitative estimate of drug-likeness (QED) is 0.461. The molecule has 0 aromatic carbocycles. The van der Waals surface area contributed by atoms with Crippen molar-refractivity contribution < 1.29 is 10.2 Å². The molecule has 35 heavy (non-hydrogen) atoms. The third-order valence-electron chi connectivity index (χ3n) is 12.4. The summed E-state index contributed by atoms with van der Waals surface area (Å²) in [4.78, 5) is 0. The first-order valence-corrected chi connectivity index (χ1v) is 15.8. The van der Waals surface area contributed by atoms with E-state index in [2.05, 4.69) is 37.9 Å². The van der Waals surface area contributed by atoms with E-state index in [-0.39, 0.29) is 12.2 Å². The van der Waals surface area contributed by atoms with Gasteiger partial charge >= 0.3 is 0 Å². The van der Waals surface area contributed by atoms with Gasteiger partial charge in [0.15, 0.2) is 0 Å². The maximum Gasteiger partial charge on any atom is 0.120 e. The van der Waals surface area contributed by atoms with Crippen molar-refractivity contribution in [1.82, 2.24) is 10.2 Å². The van der Waals surface area contributed by atoms with E-state index in [4.69, 9.17) is 0 Å². The van der Waals surface area contributed by atoms with Crippen LogP contribution in [0, 0.1) is 52.3 Å². The van der Waals surface area contributed by atoms with Crippen molar-refractivity contribution in [2.75, 3.05) is 0 Å². The molecule has 5 heteroatoms. The zero-order valence-electron chi connectivity index (χ0n) is 22.5. The monoisotopic (exact) mass is 500 g/mol. The first-order chi connectivity index (χ1) is 16.8. The second-order valence-corrected chi connectivity index (χ2v) is 15.0. The number of fused-ring (bicyclic) bond motifs is 5. The molecular formula is C30H48N2O2S. The van der Waals surface area contributed by atoms with Crippen LogP contribution in [0.15, 0.2) is 0 Å². The molecule has 4 nitrogen and oxygen atoms in total. The van der Waals surface area contributed by atoms with Crippen molar-refractivity contribution in [3.05, 3.63) is 10.0 Å². The molecule has 0 spiro atoms. The van der Waals surface area contributed by atoms with Crippen LogP contribution in [-0.4, -0.2) is 32.6 Å². The van der Waals surface area contributed by atoms with E-state index in [1.807, 2.05) is 11.3 Å². The lowest BCUT2D eigenvalue weighted by atomic mass is 9.41. The molecular weight excluding hydrogens is 452 g/mol. The Kier molecular flexibility index (Phi) is 6.41. The number of rotatable bonds is 6. The Labute approximate surface area is 216 Å². The van der Waals surface area contributed by atoms with Gasteiger partial charge in [-0.2, -0.15) is 0 Å². The summed E-state index contributed by atoms with van der Waals surface area (Å²) in [5, 5.41) is 33.9. The highest BCUT2D eigenvalue weighted by Crippen LogP contribution is 2.69. The van der Waals surface area contributed by atoms with Crippen LogP contribution in [0.3, 0.4) is 0 Å². The summed E-state index contributed by atoms with van der Waals surface area (Å²) < 4.78 is 0. The Morgan fingerprint density at radius 2 is 1.69 bits per heavy atom. The largest absolute Gasteiger partial charge is 0.393 e. The molecule has 0 radical (unpaired) electrons. The average Bonchev–Trinajstić information content (AvgIpc) is 3.47. The minimum absolute atomic E-state index is 0.162. The van der Waals surface area contributed by atoms with Gasteiger partial charge in [0, 0.05) is 12.3 Å². The Morgan fingerprint density at radius 3 is 2.43 bits per heavy atom. The number of hydrogen-bond acceptors (Lipinski definition) is 5. The molecule has 196 valence electrons. The van der Waals surface area contributed by atoms with E-state index >= 15 is 0 Å². The van der Waals surface area contributed by atoms with Crippen LogP contribution in [0.5, 0.6) is 0 Å². The van der Waals surface area contributed by atoms with Crippen LogP contribution in [0.2, 0.25) is 0 Å². The highest BCUT2D eigenvalue weighted by atomic mass is 32.1. The second-order valence-electron chi connectivity index (χ2n) is 13.9. The third-order valence-corrected chi connectivity index (χ3v) is 13.5. The molecule has 0 bridgehead atoms. The molecule has 5 saturated carbocycles. The molecule has 0 saturated heterocycles. The fourth-order valence-electron chi connectivity index (χ4n) is 10.3. The summed E-state index contributed by atoms with van der Waals surface area (Å²) in [7, 11) is 0. The van der Waals surface area contributed by atoms with Crippen molar-refractivity contribution >= 4 is 11.3 Å². The summed E-state index contributed by atoms with van der Waals surface area (Å²) in [5.74, 6) is 4.76. The standard InChI is InChI=1S/C30H48N2O2S/c1-5-20-24-16-19(33)12-14-30(24,4)23-13-15-29(3)21(9-10-22(29)26(23)27(20)34)17(2)6-11-25-31-32-28(35-25)18-7-8-18/h17-24,26-27,33-34H,5-16H2,1-4H3/t17-,19-,20-,21-,22+,23+,24+,26+,27-,29-,30-/m1/s1. The number of nitrogens with zero attached hydrogens (tertiary/aromatic N) is 2. The zero-order chi connectivity index (χ0) is 24.5. The number of aryl methyl sites for hydroxylation is 1. The van der Waals surface area contributed by atoms with E-state index in [9.17, 15) is 10.2 Å². The number of hydrogen-bond donors (Lipinski definition) is 2. The smallest absolute Gasteiger partial charge is 0.120 e. The van der Waals surface area contributed by atoms with Crippen LogP contribution in [-0.2, 0) is 6.42 Å². The fraction of sp³-hybridized carbons (Fsp3) is 0.933. The van der Waals surface area contributed by atoms with Gasteiger partial charge in [0.25, 0.3) is 0 Å². The highest BCUT2D eigenvalue weighted by Gasteiger charge is 2.64. The average molecular weight is 501 g/mol. The van der Waals surface area contributed by atoms with Gasteiger partial charge in [-0.15, -0.1) is 21.5 Å². The van der Waals surface area contributed by atoms with Crippen molar-refractivity contribution in [2.24, 2.45) is 52.3 Å². The summed E-state index contributed by atoms with van der Waals surface area (Å²) in [5.41, 5.74) is 0.656. The summed E-state index contributed by atoms with van der Waals surface area (Å²) in [6.45, 7) is 9.93. The van der Waals surface area contributed by atoms with Gasteiger partial charge < -0.3 is 10.2 Å². The van der Waals surface area contributed by atoms with Gasteiger partial charge in [-0.1, -0.05) is 34.1 Å². The normalized spacial score (nSPS) is 48.2. The molecule has 5 fully saturated rings. The lowest BCUT2D eigenvalue weighted by Crippen LogP contribution is -2.62. The molecule has 0 amide bonds. The number of aromatic nitrogens is 2. The maximum absolute atomic E-state index is 11.9. The molecule has 0 aliphatic heterocycles. The van der Waals surface area contributed by atoms with Crippen LogP contribution in [0.1, 0.15) is 114 Å². The Bertz CT molecular complexity index is 916. The van der Waals surface area contributed by atoms with E-state index < -0.39 is 0 Å². The molecule has 0 unspecified atom stereocenters. The minimum Gasteiger partial charge on any atom is -0.393 e. The minimum atomic E-state index is -0.186. The van der Waals surface area contributed by atoms with Gasteiger partial charge in [-0.05, 0) is 116 Å². The molecule has 2 N–H and O–H groups in total. The second kappa shape index (κ2) is 9.05. The predicted octanol–water partition coefficient (Wildman–Crippen LogP) is 6.61. The molecule has 11 atom stereocenters. The van der Waals surface area contributed by atoms with E-state index in [1.54, 1.807) is 0 Å². The van der Waals surface area contributed by atoms with E-state index in [0.717, 1.165) is 38.0 Å². The summed E-state index contributed by atoms with van der Waals surface area (Å²) >= 11 is 1.86. The maximum atomic E-state index is 11.9. The molecule has 5 aliphatic carbocycles. The van der Waals surface area contributed by atoms with Crippen LogP contribution < -0.4 is 0 Å². The summed E-state index contributed by atoms with van der Waals surface area (Å²) in [6, 6.07) is 0. The molecule has 5 aliphatic rings. The van der Waals surface area contributed by atoms with Gasteiger partial charge in [0.05, 0.1) is 12.2 Å². The Morgan fingerprint density at radius 1 is 0.943 bits per heavy atom. The molecule has 1 heterocycles. The first kappa shape index (κ1) is 24.8. The molecule has 6 rings (SSSR count). The fourth-order valence-corrected chi connectivity index (χ4v) is 11.4. The zero-order valence-corrected chi connectivity index (χ0v) is 23.3. The van der Waals surface area contributed by atoms with E-state index in [0.29, 0.717) is 52.3 Å². The van der Waals surface area contributed by atoms with Crippen molar-refractivity contribution in [3.8, 4) is 0 Å². The van der Waals surface area contributed by atoms with Gasteiger partial charge in [-0.25, -0.2) is 0 Å². The van der Waals surface area contributed by atoms with Gasteiger partial charge in [-0.3, -0.25) is 0 Å². The van der Waals surface area contributed by atoms with Crippen molar-refractivity contribution in [3.63, 3.8) is 0 Å². The summed E-state index contributed by atoms with van der Waals surface area (Å²) in [6.07, 6.45) is 13.9.